The van der Waals surface area contributed by atoms with Gasteiger partial charge in [-0.25, -0.2) is 0 Å². The van der Waals surface area contributed by atoms with Crippen LogP contribution < -0.4 is 0 Å². The third-order valence-corrected chi connectivity index (χ3v) is 5.54. The van der Waals surface area contributed by atoms with E-state index in [1.54, 1.807) is 0 Å². The van der Waals surface area contributed by atoms with Gasteiger partial charge in [-0.3, -0.25) is 4.79 Å². The van der Waals surface area contributed by atoms with Gasteiger partial charge in [-0.05, 0) is 42.5 Å². The molecule has 126 valence electrons. The Bertz CT molecular complexity index is 702. The molecule has 0 saturated carbocycles. The van der Waals surface area contributed by atoms with Crippen LogP contribution in [0, 0.1) is 0 Å². The first kappa shape index (κ1) is 15.5. The molecular weight excluding hydrogens is 300 g/mol. The molecule has 4 heteroatoms. The average Bonchev–Trinajstić information content (AvgIpc) is 3.17. The second-order valence-corrected chi connectivity index (χ2v) is 6.94. The molecule has 1 saturated heterocycles. The summed E-state index contributed by atoms with van der Waals surface area (Å²) < 4.78 is 7.79. The minimum atomic E-state index is -0.129. The van der Waals surface area contributed by atoms with Crippen molar-refractivity contribution in [2.24, 2.45) is 0 Å². The van der Waals surface area contributed by atoms with Gasteiger partial charge in [0.25, 0.3) is 0 Å². The van der Waals surface area contributed by atoms with Crippen molar-refractivity contribution >= 4 is 5.91 Å². The Hall–Kier alpha value is -2.07. The van der Waals surface area contributed by atoms with E-state index >= 15 is 0 Å². The van der Waals surface area contributed by atoms with Gasteiger partial charge < -0.3 is 14.2 Å². The van der Waals surface area contributed by atoms with Crippen LogP contribution in [0.4, 0.5) is 0 Å². The SMILES string of the molecule is O=C(CC1(n2cccc2)CCOCC1)N1CCc2ccccc2C1. The van der Waals surface area contributed by atoms with Crippen molar-refractivity contribution in [3.8, 4) is 0 Å². The molecule has 0 radical (unpaired) electrons. The van der Waals surface area contributed by atoms with Crippen molar-refractivity contribution in [3.05, 3.63) is 59.9 Å². The number of aromatic nitrogens is 1. The molecular formula is C20H24N2O2. The summed E-state index contributed by atoms with van der Waals surface area (Å²) in [5, 5.41) is 0. The Morgan fingerprint density at radius 1 is 1.04 bits per heavy atom. The molecule has 0 spiro atoms. The second-order valence-electron chi connectivity index (χ2n) is 6.94. The fourth-order valence-electron chi connectivity index (χ4n) is 4.03. The number of amides is 1. The number of rotatable bonds is 3. The topological polar surface area (TPSA) is 34.5 Å². The van der Waals surface area contributed by atoms with E-state index < -0.39 is 0 Å². The molecule has 1 amide bonds. The molecule has 2 aromatic rings. The molecule has 4 nitrogen and oxygen atoms in total. The van der Waals surface area contributed by atoms with E-state index in [0.717, 1.165) is 45.6 Å². The molecule has 4 rings (SSSR count). The third kappa shape index (κ3) is 2.86. The van der Waals surface area contributed by atoms with Gasteiger partial charge in [0.2, 0.25) is 5.91 Å². The predicted molar refractivity (Wildman–Crippen MR) is 92.6 cm³/mol. The molecule has 0 aliphatic carbocycles. The summed E-state index contributed by atoms with van der Waals surface area (Å²) in [6, 6.07) is 12.5. The number of nitrogens with zero attached hydrogens (tertiary/aromatic N) is 2. The van der Waals surface area contributed by atoms with Gasteiger partial charge >= 0.3 is 0 Å². The highest BCUT2D eigenvalue weighted by molar-refractivity contribution is 5.77. The summed E-state index contributed by atoms with van der Waals surface area (Å²) >= 11 is 0. The fourth-order valence-corrected chi connectivity index (χ4v) is 4.03. The summed E-state index contributed by atoms with van der Waals surface area (Å²) in [6.45, 7) is 3.03. The number of carbonyl (C=O) groups is 1. The zero-order valence-corrected chi connectivity index (χ0v) is 14.0. The first-order chi connectivity index (χ1) is 11.8. The molecule has 1 fully saturated rings. The lowest BCUT2D eigenvalue weighted by Gasteiger charge is -2.40. The van der Waals surface area contributed by atoms with Gasteiger partial charge in [-0.15, -0.1) is 0 Å². The Morgan fingerprint density at radius 3 is 2.50 bits per heavy atom. The smallest absolute Gasteiger partial charge is 0.225 e. The van der Waals surface area contributed by atoms with Gasteiger partial charge in [0.15, 0.2) is 0 Å². The highest BCUT2D eigenvalue weighted by Gasteiger charge is 2.37. The van der Waals surface area contributed by atoms with Gasteiger partial charge in [0.05, 0.1) is 12.0 Å². The molecule has 2 aliphatic rings. The third-order valence-electron chi connectivity index (χ3n) is 5.54. The Kier molecular flexibility index (Phi) is 4.15. The molecule has 0 N–H and O–H groups in total. The lowest BCUT2D eigenvalue weighted by molar-refractivity contribution is -0.135. The molecule has 0 unspecified atom stereocenters. The van der Waals surface area contributed by atoms with E-state index in [4.69, 9.17) is 4.74 Å². The molecule has 1 aromatic carbocycles. The summed E-state index contributed by atoms with van der Waals surface area (Å²) in [5.74, 6) is 0.264. The largest absolute Gasteiger partial charge is 0.381 e. The fraction of sp³-hybridized carbons (Fsp3) is 0.450. The molecule has 0 bridgehead atoms. The van der Waals surface area contributed by atoms with Crippen LogP contribution in [0.25, 0.3) is 0 Å². The van der Waals surface area contributed by atoms with E-state index in [-0.39, 0.29) is 11.4 Å². The number of carbonyl (C=O) groups excluding carboxylic acids is 1. The van der Waals surface area contributed by atoms with Gasteiger partial charge in [-0.1, -0.05) is 24.3 Å². The first-order valence-electron chi connectivity index (χ1n) is 8.83. The van der Waals surface area contributed by atoms with Crippen molar-refractivity contribution in [3.63, 3.8) is 0 Å². The lowest BCUT2D eigenvalue weighted by atomic mass is 9.85. The van der Waals surface area contributed by atoms with E-state index in [0.29, 0.717) is 6.42 Å². The first-order valence-corrected chi connectivity index (χ1v) is 8.83. The quantitative estimate of drug-likeness (QED) is 0.870. The normalized spacial score (nSPS) is 19.8. The zero-order chi connectivity index (χ0) is 16.4. The number of ether oxygens (including phenoxy) is 1. The van der Waals surface area contributed by atoms with Crippen molar-refractivity contribution in [2.45, 2.75) is 37.8 Å². The van der Waals surface area contributed by atoms with Gasteiger partial charge in [-0.2, -0.15) is 0 Å². The Balaban J connectivity index is 1.52. The Labute approximate surface area is 143 Å². The van der Waals surface area contributed by atoms with Crippen LogP contribution in [0.2, 0.25) is 0 Å². The maximum atomic E-state index is 13.0. The van der Waals surface area contributed by atoms with E-state index in [2.05, 4.69) is 41.2 Å². The lowest BCUT2D eigenvalue weighted by Crippen LogP contribution is -2.45. The predicted octanol–water partition coefficient (Wildman–Crippen LogP) is 2.97. The summed E-state index contributed by atoms with van der Waals surface area (Å²) in [5.41, 5.74) is 2.54. The maximum absolute atomic E-state index is 13.0. The van der Waals surface area contributed by atoms with E-state index in [1.165, 1.54) is 11.1 Å². The highest BCUT2D eigenvalue weighted by atomic mass is 16.5. The standard InChI is InChI=1S/C20H24N2O2/c23-19(21-12-7-17-5-1-2-6-18(17)16-21)15-20(8-13-24-14-9-20)22-10-3-4-11-22/h1-6,10-11H,7-9,12-16H2. The number of hydrogen-bond donors (Lipinski definition) is 0. The molecule has 24 heavy (non-hydrogen) atoms. The van der Waals surface area contributed by atoms with Crippen LogP contribution in [0.15, 0.2) is 48.8 Å². The number of hydrogen-bond acceptors (Lipinski definition) is 2. The summed E-state index contributed by atoms with van der Waals surface area (Å²) in [6.07, 6.45) is 7.50. The molecule has 0 atom stereocenters. The van der Waals surface area contributed by atoms with Crippen LogP contribution in [-0.2, 0) is 28.0 Å². The maximum Gasteiger partial charge on any atom is 0.225 e. The van der Waals surface area contributed by atoms with Crippen molar-refractivity contribution in [2.75, 3.05) is 19.8 Å². The van der Waals surface area contributed by atoms with Crippen molar-refractivity contribution in [1.82, 2.24) is 9.47 Å². The zero-order valence-electron chi connectivity index (χ0n) is 14.0. The minimum absolute atomic E-state index is 0.129. The average molecular weight is 324 g/mol. The van der Waals surface area contributed by atoms with Crippen LogP contribution in [-0.4, -0.2) is 35.1 Å². The van der Waals surface area contributed by atoms with Gasteiger partial charge in [0, 0.05) is 38.7 Å². The highest BCUT2D eigenvalue weighted by Crippen LogP contribution is 2.34. The van der Waals surface area contributed by atoms with Crippen molar-refractivity contribution in [1.29, 1.82) is 0 Å². The molecule has 3 heterocycles. The van der Waals surface area contributed by atoms with E-state index in [9.17, 15) is 4.79 Å². The van der Waals surface area contributed by atoms with Gasteiger partial charge in [0.1, 0.15) is 0 Å². The number of fused-ring (bicyclic) bond motifs is 1. The molecule has 1 aromatic heterocycles. The minimum Gasteiger partial charge on any atom is -0.381 e. The van der Waals surface area contributed by atoms with Crippen LogP contribution in [0.3, 0.4) is 0 Å². The van der Waals surface area contributed by atoms with Crippen LogP contribution >= 0.6 is 0 Å². The number of benzene rings is 1. The van der Waals surface area contributed by atoms with Crippen LogP contribution in [0.1, 0.15) is 30.4 Å². The monoisotopic (exact) mass is 324 g/mol. The molecule has 2 aliphatic heterocycles. The second kappa shape index (κ2) is 6.44. The van der Waals surface area contributed by atoms with Crippen molar-refractivity contribution < 1.29 is 9.53 Å². The van der Waals surface area contributed by atoms with E-state index in [1.807, 2.05) is 17.0 Å². The summed E-state index contributed by atoms with van der Waals surface area (Å²) in [7, 11) is 0. The van der Waals surface area contributed by atoms with Crippen LogP contribution in [0.5, 0.6) is 0 Å². The summed E-state index contributed by atoms with van der Waals surface area (Å²) in [4.78, 5) is 15.1. The Morgan fingerprint density at radius 2 is 1.75 bits per heavy atom.